The molecular formula is C17H16F3NO4S. The summed E-state index contributed by atoms with van der Waals surface area (Å²) >= 11 is 0. The van der Waals surface area contributed by atoms with Gasteiger partial charge in [-0.15, -0.1) is 13.2 Å². The fraction of sp³-hybridized carbons (Fsp3) is 0.235. The molecule has 2 aromatic carbocycles. The van der Waals surface area contributed by atoms with Gasteiger partial charge in [-0.25, -0.2) is 8.42 Å². The van der Waals surface area contributed by atoms with E-state index in [2.05, 4.69) is 4.74 Å². The van der Waals surface area contributed by atoms with Gasteiger partial charge >= 0.3 is 6.36 Å². The van der Waals surface area contributed by atoms with E-state index >= 15 is 0 Å². The number of para-hydroxylation sites is 1. The van der Waals surface area contributed by atoms with Crippen LogP contribution in [0.4, 0.5) is 13.2 Å². The molecule has 0 saturated carbocycles. The second-order valence-electron chi connectivity index (χ2n) is 5.61. The smallest absolute Gasteiger partial charge is 0.405 e. The molecule has 2 aromatic rings. The van der Waals surface area contributed by atoms with Crippen molar-refractivity contribution in [3.8, 4) is 5.75 Å². The van der Waals surface area contributed by atoms with Crippen LogP contribution in [0.1, 0.15) is 15.9 Å². The Hall–Kier alpha value is -2.55. The molecule has 0 unspecified atom stereocenters. The normalized spacial score (nSPS) is 11.9. The zero-order valence-corrected chi connectivity index (χ0v) is 14.8. The maximum absolute atomic E-state index is 12.5. The summed E-state index contributed by atoms with van der Waals surface area (Å²) < 4.78 is 64.2. The number of rotatable bonds is 5. The second-order valence-corrected chi connectivity index (χ2v) is 7.63. The summed E-state index contributed by atoms with van der Waals surface area (Å²) in [6.07, 6.45) is -3.78. The zero-order chi connectivity index (χ0) is 19.5. The Bertz CT molecular complexity index is 893. The van der Waals surface area contributed by atoms with Crippen LogP contribution in [0.15, 0.2) is 53.4 Å². The van der Waals surface area contributed by atoms with E-state index in [1.165, 1.54) is 60.5 Å². The summed E-state index contributed by atoms with van der Waals surface area (Å²) in [6, 6.07) is 10.8. The van der Waals surface area contributed by atoms with Crippen molar-refractivity contribution in [2.24, 2.45) is 0 Å². The summed E-state index contributed by atoms with van der Waals surface area (Å²) in [6.45, 7) is -0.112. The van der Waals surface area contributed by atoms with Gasteiger partial charge in [0, 0.05) is 31.0 Å². The number of sulfone groups is 1. The highest BCUT2D eigenvalue weighted by Gasteiger charge is 2.32. The Balaban J connectivity index is 2.17. The van der Waals surface area contributed by atoms with Crippen LogP contribution >= 0.6 is 0 Å². The van der Waals surface area contributed by atoms with E-state index in [0.717, 1.165) is 6.26 Å². The Labute approximate surface area is 148 Å². The van der Waals surface area contributed by atoms with Crippen molar-refractivity contribution < 1.29 is 31.1 Å². The van der Waals surface area contributed by atoms with Crippen LogP contribution < -0.4 is 4.74 Å². The lowest BCUT2D eigenvalue weighted by Crippen LogP contribution is -2.27. The molecule has 0 N–H and O–H groups in total. The Morgan fingerprint density at radius 1 is 1.08 bits per heavy atom. The van der Waals surface area contributed by atoms with Crippen LogP contribution in [0.2, 0.25) is 0 Å². The molecule has 2 rings (SSSR count). The van der Waals surface area contributed by atoms with E-state index in [-0.39, 0.29) is 28.3 Å². The van der Waals surface area contributed by atoms with Crippen LogP contribution in [0.5, 0.6) is 5.75 Å². The minimum absolute atomic E-state index is 0.0700. The molecule has 0 atom stereocenters. The Morgan fingerprint density at radius 3 is 2.19 bits per heavy atom. The SMILES string of the molecule is CN(Cc1ccccc1OC(F)(F)F)C(=O)c1ccc(S(C)(=O)=O)cc1. The van der Waals surface area contributed by atoms with Gasteiger partial charge in [-0.1, -0.05) is 18.2 Å². The van der Waals surface area contributed by atoms with E-state index in [1.54, 1.807) is 0 Å². The van der Waals surface area contributed by atoms with Crippen LogP contribution in [0.3, 0.4) is 0 Å². The fourth-order valence-corrected chi connectivity index (χ4v) is 2.88. The maximum Gasteiger partial charge on any atom is 0.573 e. The molecule has 0 aliphatic rings. The molecular weight excluding hydrogens is 371 g/mol. The van der Waals surface area contributed by atoms with Gasteiger partial charge in [0.25, 0.3) is 5.91 Å². The van der Waals surface area contributed by atoms with Crippen molar-refractivity contribution in [2.45, 2.75) is 17.8 Å². The van der Waals surface area contributed by atoms with Crippen molar-refractivity contribution in [1.82, 2.24) is 4.90 Å². The van der Waals surface area contributed by atoms with Gasteiger partial charge in [-0.2, -0.15) is 0 Å². The van der Waals surface area contributed by atoms with Crippen molar-refractivity contribution in [1.29, 1.82) is 0 Å². The van der Waals surface area contributed by atoms with Gasteiger partial charge in [-0.3, -0.25) is 4.79 Å². The topological polar surface area (TPSA) is 63.7 Å². The largest absolute Gasteiger partial charge is 0.573 e. The summed E-state index contributed by atoms with van der Waals surface area (Å²) in [5.41, 5.74) is 0.405. The molecule has 0 aliphatic heterocycles. The average molecular weight is 387 g/mol. The van der Waals surface area contributed by atoms with Crippen molar-refractivity contribution in [2.75, 3.05) is 13.3 Å². The van der Waals surface area contributed by atoms with Crippen LogP contribution in [0, 0.1) is 0 Å². The lowest BCUT2D eigenvalue weighted by molar-refractivity contribution is -0.275. The van der Waals surface area contributed by atoms with Crippen molar-refractivity contribution in [3.05, 3.63) is 59.7 Å². The average Bonchev–Trinajstić information content (AvgIpc) is 2.54. The number of ether oxygens (including phenoxy) is 1. The predicted octanol–water partition coefficient (Wildman–Crippen LogP) is 3.26. The third-order valence-corrected chi connectivity index (χ3v) is 4.61. The number of carbonyl (C=O) groups is 1. The van der Waals surface area contributed by atoms with E-state index < -0.39 is 22.1 Å². The first-order valence-corrected chi connectivity index (χ1v) is 9.26. The first-order valence-electron chi connectivity index (χ1n) is 7.36. The number of carbonyl (C=O) groups excluding carboxylic acids is 1. The molecule has 0 fully saturated rings. The molecule has 0 aliphatic carbocycles. The molecule has 0 aromatic heterocycles. The fourth-order valence-electron chi connectivity index (χ4n) is 2.25. The highest BCUT2D eigenvalue weighted by atomic mass is 32.2. The zero-order valence-electron chi connectivity index (χ0n) is 13.9. The molecule has 9 heteroatoms. The summed E-state index contributed by atoms with van der Waals surface area (Å²) in [4.78, 5) is 13.7. The molecule has 5 nitrogen and oxygen atoms in total. The van der Waals surface area contributed by atoms with Crippen molar-refractivity contribution >= 4 is 15.7 Å². The van der Waals surface area contributed by atoms with Gasteiger partial charge in [0.1, 0.15) is 5.75 Å². The number of benzene rings is 2. The molecule has 26 heavy (non-hydrogen) atoms. The number of amides is 1. The summed E-state index contributed by atoms with van der Waals surface area (Å²) in [7, 11) is -1.96. The van der Waals surface area contributed by atoms with Gasteiger partial charge in [0.05, 0.1) is 4.90 Å². The first kappa shape index (κ1) is 19.8. The Morgan fingerprint density at radius 2 is 1.65 bits per heavy atom. The maximum atomic E-state index is 12.5. The molecule has 0 radical (unpaired) electrons. The Kier molecular flexibility index (Phi) is 5.60. The third kappa shape index (κ3) is 5.22. The number of alkyl halides is 3. The predicted molar refractivity (Wildman–Crippen MR) is 88.5 cm³/mol. The first-order chi connectivity index (χ1) is 12.0. The molecule has 0 bridgehead atoms. The van der Waals surface area contributed by atoms with E-state index in [4.69, 9.17) is 0 Å². The number of halogens is 3. The summed E-state index contributed by atoms with van der Waals surface area (Å²) in [5, 5.41) is 0. The molecule has 1 amide bonds. The van der Waals surface area contributed by atoms with Gasteiger partial charge < -0.3 is 9.64 Å². The van der Waals surface area contributed by atoms with Gasteiger partial charge in [-0.05, 0) is 30.3 Å². The number of nitrogens with zero attached hydrogens (tertiary/aromatic N) is 1. The minimum Gasteiger partial charge on any atom is -0.405 e. The molecule has 0 saturated heterocycles. The molecule has 140 valence electrons. The highest BCUT2D eigenvalue weighted by molar-refractivity contribution is 7.90. The van der Waals surface area contributed by atoms with Crippen LogP contribution in [-0.2, 0) is 16.4 Å². The monoisotopic (exact) mass is 387 g/mol. The lowest BCUT2D eigenvalue weighted by Gasteiger charge is -2.20. The quantitative estimate of drug-likeness (QED) is 0.790. The lowest BCUT2D eigenvalue weighted by atomic mass is 10.1. The molecule has 0 spiro atoms. The van der Waals surface area contributed by atoms with E-state index in [0.29, 0.717) is 0 Å². The van der Waals surface area contributed by atoms with Crippen LogP contribution in [-0.4, -0.2) is 38.9 Å². The molecule has 0 heterocycles. The highest BCUT2D eigenvalue weighted by Crippen LogP contribution is 2.27. The van der Waals surface area contributed by atoms with E-state index in [1.807, 2.05) is 0 Å². The van der Waals surface area contributed by atoms with Gasteiger partial charge in [0.2, 0.25) is 0 Å². The van der Waals surface area contributed by atoms with E-state index in [9.17, 15) is 26.4 Å². The number of hydrogen-bond donors (Lipinski definition) is 0. The standard InChI is InChI=1S/C17H16F3NO4S/c1-21(11-13-5-3-4-6-15(13)25-17(18,19)20)16(22)12-7-9-14(10-8-12)26(2,23)24/h3-10H,11H2,1-2H3. The van der Waals surface area contributed by atoms with Gasteiger partial charge in [0.15, 0.2) is 9.84 Å². The van der Waals surface area contributed by atoms with Crippen LogP contribution in [0.25, 0.3) is 0 Å². The summed E-state index contributed by atoms with van der Waals surface area (Å²) in [5.74, 6) is -0.848. The minimum atomic E-state index is -4.83. The van der Waals surface area contributed by atoms with Crippen molar-refractivity contribution in [3.63, 3.8) is 0 Å². The third-order valence-electron chi connectivity index (χ3n) is 3.48. The number of hydrogen-bond acceptors (Lipinski definition) is 4. The second kappa shape index (κ2) is 7.36.